The van der Waals surface area contributed by atoms with E-state index in [0.717, 1.165) is 5.56 Å². The third-order valence-electron chi connectivity index (χ3n) is 4.11. The first kappa shape index (κ1) is 19.5. The first-order chi connectivity index (χ1) is 11.0. The van der Waals surface area contributed by atoms with Gasteiger partial charge in [-0.1, -0.05) is 63.4 Å². The molecule has 7 heteroatoms. The summed E-state index contributed by atoms with van der Waals surface area (Å²) in [5.74, 6) is -0.130. The number of hydrogen-bond acceptors (Lipinski definition) is 3. The van der Waals surface area contributed by atoms with E-state index in [1.54, 1.807) is 25.1 Å². The lowest BCUT2D eigenvalue weighted by Crippen LogP contribution is -2.51. The first-order valence-corrected chi connectivity index (χ1v) is 10.6. The minimum Gasteiger partial charge on any atom is -0.293 e. The number of aryl methyl sites for hydroxylation is 1. The number of alkyl halides is 2. The van der Waals surface area contributed by atoms with E-state index >= 15 is 0 Å². The maximum absolute atomic E-state index is 12.7. The summed E-state index contributed by atoms with van der Waals surface area (Å²) < 4.78 is 28.5. The van der Waals surface area contributed by atoms with Gasteiger partial charge in [-0.15, -0.1) is 0 Å². The summed E-state index contributed by atoms with van der Waals surface area (Å²) in [5, 5.41) is 0. The Morgan fingerprint density at radius 2 is 1.71 bits per heavy atom. The number of ketones is 1. The Labute approximate surface area is 159 Å². The summed E-state index contributed by atoms with van der Waals surface area (Å²) in [5.41, 5.74) is 1.78. The average Bonchev–Trinajstić information content (AvgIpc) is 2.50. The molecule has 0 saturated heterocycles. The van der Waals surface area contributed by atoms with Gasteiger partial charge in [-0.3, -0.25) is 4.79 Å². The Bertz CT molecular complexity index is 826. The van der Waals surface area contributed by atoms with Gasteiger partial charge in [-0.2, -0.15) is 12.8 Å². The SMILES string of the molecule is CC1=CC(=NS(=O)(=O)c2ccc(C)cc2)C(Br)(C(C)C)C(Br)C1=O. The predicted molar refractivity (Wildman–Crippen MR) is 104 cm³/mol. The molecule has 2 atom stereocenters. The van der Waals surface area contributed by atoms with Crippen molar-refractivity contribution in [3.05, 3.63) is 41.5 Å². The van der Waals surface area contributed by atoms with Crippen LogP contribution in [0.2, 0.25) is 0 Å². The Morgan fingerprint density at radius 3 is 2.21 bits per heavy atom. The topological polar surface area (TPSA) is 63.6 Å². The number of sulfonamides is 1. The molecule has 130 valence electrons. The largest absolute Gasteiger partial charge is 0.293 e. The zero-order valence-corrected chi connectivity index (χ0v) is 17.9. The first-order valence-electron chi connectivity index (χ1n) is 7.47. The number of carbonyl (C=O) groups excluding carboxylic acids is 1. The van der Waals surface area contributed by atoms with Crippen molar-refractivity contribution in [3.63, 3.8) is 0 Å². The number of Topliss-reactive ketones (excluding diaryl/α,β-unsaturated/α-hetero) is 1. The van der Waals surface area contributed by atoms with E-state index in [9.17, 15) is 13.2 Å². The van der Waals surface area contributed by atoms with Crippen molar-refractivity contribution in [2.75, 3.05) is 0 Å². The second kappa shape index (κ2) is 6.84. The molecular weight excluding hydrogens is 458 g/mol. The van der Waals surface area contributed by atoms with E-state index in [4.69, 9.17) is 0 Å². The number of rotatable bonds is 3. The molecule has 2 unspecified atom stereocenters. The average molecular weight is 477 g/mol. The highest BCUT2D eigenvalue weighted by molar-refractivity contribution is 9.13. The lowest BCUT2D eigenvalue weighted by molar-refractivity contribution is -0.115. The summed E-state index contributed by atoms with van der Waals surface area (Å²) in [4.78, 5) is 11.9. The van der Waals surface area contributed by atoms with Crippen molar-refractivity contribution in [2.24, 2.45) is 10.3 Å². The van der Waals surface area contributed by atoms with Gasteiger partial charge in [-0.25, -0.2) is 0 Å². The van der Waals surface area contributed by atoms with Crippen LogP contribution in [0.15, 0.2) is 45.2 Å². The molecular formula is C17H19Br2NO3S. The molecule has 0 heterocycles. The molecule has 0 aromatic heterocycles. The normalized spacial score (nSPS) is 26.8. The van der Waals surface area contributed by atoms with Crippen molar-refractivity contribution in [1.29, 1.82) is 0 Å². The fraction of sp³-hybridized carbons (Fsp3) is 0.412. The molecule has 4 nitrogen and oxygen atoms in total. The van der Waals surface area contributed by atoms with Gasteiger partial charge >= 0.3 is 0 Å². The highest BCUT2D eigenvalue weighted by Crippen LogP contribution is 2.42. The van der Waals surface area contributed by atoms with Crippen LogP contribution in [0.25, 0.3) is 0 Å². The molecule has 0 spiro atoms. The smallest absolute Gasteiger partial charge is 0.282 e. The number of hydrogen-bond donors (Lipinski definition) is 0. The second-order valence-electron chi connectivity index (χ2n) is 6.24. The maximum atomic E-state index is 12.7. The van der Waals surface area contributed by atoms with E-state index in [2.05, 4.69) is 36.3 Å². The monoisotopic (exact) mass is 475 g/mol. The van der Waals surface area contributed by atoms with Crippen molar-refractivity contribution < 1.29 is 13.2 Å². The highest BCUT2D eigenvalue weighted by Gasteiger charge is 2.49. The van der Waals surface area contributed by atoms with Crippen molar-refractivity contribution >= 4 is 53.4 Å². The van der Waals surface area contributed by atoms with Crippen LogP contribution in [-0.2, 0) is 14.8 Å². The Morgan fingerprint density at radius 1 is 1.17 bits per heavy atom. The molecule has 1 aromatic carbocycles. The Kier molecular flexibility index (Phi) is 5.57. The molecule has 0 bridgehead atoms. The molecule has 2 rings (SSSR count). The molecule has 1 aliphatic rings. The van der Waals surface area contributed by atoms with Gasteiger partial charge in [-0.05, 0) is 43.5 Å². The zero-order chi connectivity index (χ0) is 18.3. The number of benzene rings is 1. The molecule has 0 saturated carbocycles. The highest BCUT2D eigenvalue weighted by atomic mass is 79.9. The van der Waals surface area contributed by atoms with E-state index in [0.29, 0.717) is 11.3 Å². The van der Waals surface area contributed by atoms with Crippen LogP contribution in [0.3, 0.4) is 0 Å². The van der Waals surface area contributed by atoms with Gasteiger partial charge in [0, 0.05) is 0 Å². The van der Waals surface area contributed by atoms with Gasteiger partial charge in [0.15, 0.2) is 5.78 Å². The zero-order valence-electron chi connectivity index (χ0n) is 13.9. The van der Waals surface area contributed by atoms with Crippen LogP contribution in [0.4, 0.5) is 0 Å². The minimum atomic E-state index is -3.86. The van der Waals surface area contributed by atoms with Gasteiger partial charge in [0.25, 0.3) is 10.0 Å². The standard InChI is InChI=1S/C17H19Br2NO3S/c1-10(2)17(19)14(9-12(4)15(21)16(17)18)20-24(22,23)13-7-5-11(3)6-8-13/h5-10,16H,1-4H3. The lowest BCUT2D eigenvalue weighted by Gasteiger charge is -2.38. The van der Waals surface area contributed by atoms with Crippen LogP contribution < -0.4 is 0 Å². The fourth-order valence-corrected chi connectivity index (χ4v) is 5.19. The van der Waals surface area contributed by atoms with Crippen molar-refractivity contribution in [2.45, 2.75) is 41.7 Å². The van der Waals surface area contributed by atoms with Crippen LogP contribution in [0, 0.1) is 12.8 Å². The maximum Gasteiger partial charge on any atom is 0.282 e. The van der Waals surface area contributed by atoms with Gasteiger partial charge in [0.05, 0.1) is 19.8 Å². The number of nitrogens with zero attached hydrogens (tertiary/aromatic N) is 1. The molecule has 1 aromatic rings. The fourth-order valence-electron chi connectivity index (χ4n) is 2.48. The Balaban J connectivity index is 2.64. The summed E-state index contributed by atoms with van der Waals surface area (Å²) in [7, 11) is -3.86. The summed E-state index contributed by atoms with van der Waals surface area (Å²) in [6.07, 6.45) is 1.56. The van der Waals surface area contributed by atoms with Crippen LogP contribution >= 0.6 is 31.9 Å². The summed E-state index contributed by atoms with van der Waals surface area (Å²) >= 11 is 7.01. The van der Waals surface area contributed by atoms with Gasteiger partial charge < -0.3 is 0 Å². The number of carbonyl (C=O) groups is 1. The van der Waals surface area contributed by atoms with E-state index in [1.165, 1.54) is 12.1 Å². The third kappa shape index (κ3) is 3.44. The molecule has 0 amide bonds. The molecule has 0 N–H and O–H groups in total. The lowest BCUT2D eigenvalue weighted by atomic mass is 9.80. The van der Waals surface area contributed by atoms with Crippen molar-refractivity contribution in [3.8, 4) is 0 Å². The number of allylic oxidation sites excluding steroid dienone is 2. The van der Waals surface area contributed by atoms with E-state index in [-0.39, 0.29) is 16.6 Å². The predicted octanol–water partition coefficient (Wildman–Crippen LogP) is 4.21. The van der Waals surface area contributed by atoms with Gasteiger partial charge in [0.2, 0.25) is 0 Å². The van der Waals surface area contributed by atoms with Crippen LogP contribution in [0.1, 0.15) is 26.3 Å². The van der Waals surface area contributed by atoms with E-state index < -0.39 is 19.2 Å². The Hall–Kier alpha value is -0.790. The molecule has 1 aliphatic carbocycles. The van der Waals surface area contributed by atoms with Crippen LogP contribution in [0.5, 0.6) is 0 Å². The second-order valence-corrected chi connectivity index (χ2v) is 10.1. The minimum absolute atomic E-state index is 0.0536. The summed E-state index contributed by atoms with van der Waals surface area (Å²) in [6, 6.07) is 6.54. The quantitative estimate of drug-likeness (QED) is 0.614. The summed E-state index contributed by atoms with van der Waals surface area (Å²) in [6.45, 7) is 7.38. The third-order valence-corrected chi connectivity index (χ3v) is 8.95. The molecule has 0 radical (unpaired) electrons. The molecule has 0 fully saturated rings. The van der Waals surface area contributed by atoms with Gasteiger partial charge in [0.1, 0.15) is 0 Å². The van der Waals surface area contributed by atoms with Crippen molar-refractivity contribution in [1.82, 2.24) is 0 Å². The number of halogens is 2. The van der Waals surface area contributed by atoms with E-state index in [1.807, 2.05) is 20.8 Å². The molecule has 0 aliphatic heterocycles. The van der Waals surface area contributed by atoms with Crippen LogP contribution in [-0.4, -0.2) is 29.1 Å². The molecule has 24 heavy (non-hydrogen) atoms.